The standard InChI is InChI=1S/C26H28FN3O3S/c1-17-6-11-24-22(16-17)25(21-4-2-3-5-23(21)28-24)26(31)30-14-12-19(13-15-30)29-34(32,33)20-9-7-18(27)8-10-20/h2-5,7-10,17,19,29H,6,11-16H2,1H3. The normalized spacial score (nSPS) is 19.2. The number of amides is 1. The highest BCUT2D eigenvalue weighted by Crippen LogP contribution is 2.33. The summed E-state index contributed by atoms with van der Waals surface area (Å²) >= 11 is 0. The maximum atomic E-state index is 13.8. The van der Waals surface area contributed by atoms with Crippen LogP contribution in [0.4, 0.5) is 4.39 Å². The number of aromatic nitrogens is 1. The first kappa shape index (κ1) is 22.9. The second-order valence-electron chi connectivity index (χ2n) is 9.42. The van der Waals surface area contributed by atoms with E-state index in [1.807, 2.05) is 29.2 Å². The maximum absolute atomic E-state index is 13.8. The zero-order valence-electron chi connectivity index (χ0n) is 19.1. The van der Waals surface area contributed by atoms with Crippen molar-refractivity contribution >= 4 is 26.8 Å². The van der Waals surface area contributed by atoms with Crippen LogP contribution in [0.15, 0.2) is 53.4 Å². The number of aryl methyl sites for hydroxylation is 1. The average molecular weight is 482 g/mol. The fourth-order valence-electron chi connectivity index (χ4n) is 5.07. The number of halogens is 1. The van der Waals surface area contributed by atoms with Crippen LogP contribution in [-0.2, 0) is 22.9 Å². The predicted molar refractivity (Wildman–Crippen MR) is 129 cm³/mol. The first-order valence-electron chi connectivity index (χ1n) is 11.8. The molecule has 178 valence electrons. The molecule has 1 atom stereocenters. The van der Waals surface area contributed by atoms with Gasteiger partial charge in [0.05, 0.1) is 16.0 Å². The predicted octanol–water partition coefficient (Wildman–Crippen LogP) is 4.08. The Kier molecular flexibility index (Phi) is 6.12. The van der Waals surface area contributed by atoms with E-state index in [2.05, 4.69) is 11.6 Å². The Labute approximate surface area is 199 Å². The number of sulfonamides is 1. The lowest BCUT2D eigenvalue weighted by molar-refractivity contribution is 0.0711. The number of para-hydroxylation sites is 1. The summed E-state index contributed by atoms with van der Waals surface area (Å²) in [4.78, 5) is 20.5. The molecule has 3 aromatic rings. The molecule has 0 bridgehead atoms. The quantitative estimate of drug-likeness (QED) is 0.609. The van der Waals surface area contributed by atoms with Crippen LogP contribution >= 0.6 is 0 Å². The third-order valence-corrected chi connectivity index (χ3v) is 8.48. The SMILES string of the molecule is CC1CCc2nc3ccccc3c(C(=O)N3CCC(NS(=O)(=O)c4ccc(F)cc4)CC3)c2C1. The Morgan fingerprint density at radius 2 is 1.76 bits per heavy atom. The molecule has 1 fully saturated rings. The van der Waals surface area contributed by atoms with Gasteiger partial charge in [0.15, 0.2) is 0 Å². The van der Waals surface area contributed by atoms with Gasteiger partial charge in [-0.05, 0) is 73.9 Å². The van der Waals surface area contributed by atoms with Crippen LogP contribution in [-0.4, -0.2) is 43.3 Å². The van der Waals surface area contributed by atoms with Crippen molar-refractivity contribution in [2.75, 3.05) is 13.1 Å². The Bertz CT molecular complexity index is 1330. The summed E-state index contributed by atoms with van der Waals surface area (Å²) in [5.74, 6) is 0.0309. The van der Waals surface area contributed by atoms with E-state index in [1.165, 1.54) is 12.1 Å². The molecule has 1 amide bonds. The second kappa shape index (κ2) is 9.07. The third kappa shape index (κ3) is 4.44. The molecule has 0 saturated carbocycles. The second-order valence-corrected chi connectivity index (χ2v) is 11.1. The highest BCUT2D eigenvalue weighted by Gasteiger charge is 2.31. The molecule has 2 aromatic carbocycles. The molecular weight excluding hydrogens is 453 g/mol. The van der Waals surface area contributed by atoms with Crippen molar-refractivity contribution in [1.82, 2.24) is 14.6 Å². The van der Waals surface area contributed by atoms with Crippen LogP contribution in [0.3, 0.4) is 0 Å². The van der Waals surface area contributed by atoms with Crippen LogP contribution in [0, 0.1) is 11.7 Å². The monoisotopic (exact) mass is 481 g/mol. The largest absolute Gasteiger partial charge is 0.339 e. The van der Waals surface area contributed by atoms with E-state index in [0.717, 1.165) is 59.1 Å². The minimum absolute atomic E-state index is 0.00351. The summed E-state index contributed by atoms with van der Waals surface area (Å²) in [5.41, 5.74) is 3.71. The maximum Gasteiger partial charge on any atom is 0.254 e. The first-order valence-corrected chi connectivity index (χ1v) is 13.3. The van der Waals surface area contributed by atoms with Crippen molar-refractivity contribution in [3.63, 3.8) is 0 Å². The number of fused-ring (bicyclic) bond motifs is 2. The number of likely N-dealkylation sites (tertiary alicyclic amines) is 1. The molecule has 0 spiro atoms. The summed E-state index contributed by atoms with van der Waals surface area (Å²) < 4.78 is 41.2. The van der Waals surface area contributed by atoms with Crippen LogP contribution < -0.4 is 4.72 Å². The Morgan fingerprint density at radius 1 is 1.06 bits per heavy atom. The molecule has 34 heavy (non-hydrogen) atoms. The Balaban J connectivity index is 1.35. The number of hydrogen-bond donors (Lipinski definition) is 1. The van der Waals surface area contributed by atoms with E-state index in [9.17, 15) is 17.6 Å². The Hall–Kier alpha value is -2.84. The number of piperidine rings is 1. The number of nitrogens with zero attached hydrogens (tertiary/aromatic N) is 2. The van der Waals surface area contributed by atoms with Crippen molar-refractivity contribution in [3.05, 3.63) is 71.2 Å². The van der Waals surface area contributed by atoms with Gasteiger partial charge in [0.1, 0.15) is 5.82 Å². The highest BCUT2D eigenvalue weighted by molar-refractivity contribution is 7.89. The summed E-state index contributed by atoms with van der Waals surface area (Å²) in [6, 6.07) is 12.3. The number of nitrogens with one attached hydrogen (secondary N) is 1. The lowest BCUT2D eigenvalue weighted by atomic mass is 9.83. The molecule has 2 aliphatic rings. The van der Waals surface area contributed by atoms with Gasteiger partial charge in [0, 0.05) is 30.2 Å². The summed E-state index contributed by atoms with van der Waals surface area (Å²) in [7, 11) is -3.74. The van der Waals surface area contributed by atoms with Crippen LogP contribution in [0.2, 0.25) is 0 Å². The van der Waals surface area contributed by atoms with Crippen LogP contribution in [0.25, 0.3) is 10.9 Å². The van der Waals surface area contributed by atoms with Gasteiger partial charge in [-0.3, -0.25) is 9.78 Å². The van der Waals surface area contributed by atoms with Gasteiger partial charge in [0.2, 0.25) is 10.0 Å². The minimum Gasteiger partial charge on any atom is -0.339 e. The van der Waals surface area contributed by atoms with Crippen molar-refractivity contribution in [2.24, 2.45) is 5.92 Å². The summed E-state index contributed by atoms with van der Waals surface area (Å²) in [5, 5.41) is 0.888. The molecule has 1 unspecified atom stereocenters. The average Bonchev–Trinajstić information content (AvgIpc) is 2.83. The molecule has 1 aliphatic carbocycles. The smallest absolute Gasteiger partial charge is 0.254 e. The van der Waals surface area contributed by atoms with Crippen molar-refractivity contribution < 1.29 is 17.6 Å². The molecule has 6 nitrogen and oxygen atoms in total. The fraction of sp³-hybridized carbons (Fsp3) is 0.385. The topological polar surface area (TPSA) is 79.4 Å². The number of hydrogen-bond acceptors (Lipinski definition) is 4. The number of carbonyl (C=O) groups is 1. The van der Waals surface area contributed by atoms with Crippen LogP contribution in [0.1, 0.15) is 47.8 Å². The lowest BCUT2D eigenvalue weighted by Crippen LogP contribution is -2.46. The van der Waals surface area contributed by atoms with Gasteiger partial charge in [-0.2, -0.15) is 0 Å². The number of carbonyl (C=O) groups excluding carboxylic acids is 1. The van der Waals surface area contributed by atoms with Crippen molar-refractivity contribution in [1.29, 1.82) is 0 Å². The molecular formula is C26H28FN3O3S. The zero-order chi connectivity index (χ0) is 23.9. The van der Waals surface area contributed by atoms with E-state index in [-0.39, 0.29) is 16.8 Å². The molecule has 2 heterocycles. The van der Waals surface area contributed by atoms with E-state index in [0.29, 0.717) is 31.8 Å². The summed E-state index contributed by atoms with van der Waals surface area (Å²) in [6.07, 6.45) is 3.85. The van der Waals surface area contributed by atoms with E-state index < -0.39 is 15.8 Å². The van der Waals surface area contributed by atoms with Crippen molar-refractivity contribution in [2.45, 2.75) is 50.0 Å². The molecule has 5 rings (SSSR count). The number of pyridine rings is 1. The highest BCUT2D eigenvalue weighted by atomic mass is 32.2. The van der Waals surface area contributed by atoms with Crippen molar-refractivity contribution in [3.8, 4) is 0 Å². The minimum atomic E-state index is -3.74. The van der Waals surface area contributed by atoms with E-state index >= 15 is 0 Å². The molecule has 1 aliphatic heterocycles. The summed E-state index contributed by atoms with van der Waals surface area (Å²) in [6.45, 7) is 3.15. The van der Waals surface area contributed by atoms with Gasteiger partial charge in [0.25, 0.3) is 5.91 Å². The number of rotatable bonds is 4. The van der Waals surface area contributed by atoms with Crippen LogP contribution in [0.5, 0.6) is 0 Å². The lowest BCUT2D eigenvalue weighted by Gasteiger charge is -2.34. The number of benzene rings is 2. The third-order valence-electron chi connectivity index (χ3n) is 6.95. The molecule has 1 N–H and O–H groups in total. The van der Waals surface area contributed by atoms with Gasteiger partial charge >= 0.3 is 0 Å². The van der Waals surface area contributed by atoms with Gasteiger partial charge in [-0.25, -0.2) is 17.5 Å². The first-order chi connectivity index (χ1) is 16.3. The molecule has 0 radical (unpaired) electrons. The fourth-order valence-corrected chi connectivity index (χ4v) is 6.37. The van der Waals surface area contributed by atoms with Gasteiger partial charge < -0.3 is 4.90 Å². The van der Waals surface area contributed by atoms with E-state index in [1.54, 1.807) is 0 Å². The zero-order valence-corrected chi connectivity index (χ0v) is 19.9. The molecule has 1 saturated heterocycles. The van der Waals surface area contributed by atoms with E-state index in [4.69, 9.17) is 4.98 Å². The van der Waals surface area contributed by atoms with Gasteiger partial charge in [-0.15, -0.1) is 0 Å². The molecule has 8 heteroatoms. The van der Waals surface area contributed by atoms with Gasteiger partial charge in [-0.1, -0.05) is 25.1 Å². The molecule has 1 aromatic heterocycles. The Morgan fingerprint density at radius 3 is 2.50 bits per heavy atom.